The zero-order valence-corrected chi connectivity index (χ0v) is 13.4. The molecule has 1 aliphatic carbocycles. The molecule has 4 heteroatoms. The third-order valence-corrected chi connectivity index (χ3v) is 4.56. The van der Waals surface area contributed by atoms with Crippen molar-refractivity contribution in [3.05, 3.63) is 23.7 Å². The van der Waals surface area contributed by atoms with Gasteiger partial charge in [0, 0.05) is 11.7 Å². The average Bonchev–Trinajstić information content (AvgIpc) is 2.88. The van der Waals surface area contributed by atoms with E-state index in [1.807, 2.05) is 19.9 Å². The molecule has 2 aromatic rings. The van der Waals surface area contributed by atoms with Gasteiger partial charge in [0.05, 0.1) is 5.38 Å². The van der Waals surface area contributed by atoms with E-state index in [1.165, 1.54) is 19.3 Å². The maximum absolute atomic E-state index is 6.36. The fourth-order valence-corrected chi connectivity index (χ4v) is 3.50. The first kappa shape index (κ1) is 13.9. The van der Waals surface area contributed by atoms with Gasteiger partial charge in [0.1, 0.15) is 11.3 Å². The molecule has 2 atom stereocenters. The quantitative estimate of drug-likeness (QED) is 0.745. The summed E-state index contributed by atoms with van der Waals surface area (Å²) in [5.74, 6) is 0.961. The van der Waals surface area contributed by atoms with Crippen LogP contribution in [0, 0.1) is 12.3 Å². The van der Waals surface area contributed by atoms with E-state index >= 15 is 0 Å². The van der Waals surface area contributed by atoms with Crippen LogP contribution in [0.3, 0.4) is 0 Å². The van der Waals surface area contributed by atoms with Crippen LogP contribution in [0.1, 0.15) is 63.0 Å². The Hall–Kier alpha value is -1.09. The molecule has 108 valence electrons. The Morgan fingerprint density at radius 2 is 2.10 bits per heavy atom. The first-order valence-electron chi connectivity index (χ1n) is 7.37. The number of nitrogens with zero attached hydrogens (tertiary/aromatic N) is 3. The van der Waals surface area contributed by atoms with Crippen molar-refractivity contribution in [1.82, 2.24) is 14.5 Å². The number of fused-ring (bicyclic) bond motifs is 1. The minimum atomic E-state index is -0.0896. The molecule has 0 saturated heterocycles. The molecule has 2 heterocycles. The maximum Gasteiger partial charge on any atom is 0.160 e. The lowest BCUT2D eigenvalue weighted by Gasteiger charge is -2.20. The standard InChI is InChI=1S/C16H22ClN3/c1-10-5-6-13-15(18-10)20(14(19-13)11(2)17)12-7-8-16(3,4)9-12/h5-6,11-12H,7-9H2,1-4H3. The number of rotatable bonds is 2. The second-order valence-electron chi connectivity index (χ2n) is 6.81. The Morgan fingerprint density at radius 3 is 2.70 bits per heavy atom. The van der Waals surface area contributed by atoms with Gasteiger partial charge in [-0.05, 0) is 50.7 Å². The predicted molar refractivity (Wildman–Crippen MR) is 83.2 cm³/mol. The smallest absolute Gasteiger partial charge is 0.160 e. The van der Waals surface area contributed by atoms with Gasteiger partial charge in [0.15, 0.2) is 5.65 Å². The lowest BCUT2D eigenvalue weighted by Crippen LogP contribution is -2.13. The monoisotopic (exact) mass is 291 g/mol. The highest BCUT2D eigenvalue weighted by atomic mass is 35.5. The van der Waals surface area contributed by atoms with Crippen LogP contribution in [0.25, 0.3) is 11.2 Å². The molecule has 0 spiro atoms. The molecule has 2 unspecified atom stereocenters. The van der Waals surface area contributed by atoms with E-state index in [2.05, 4.69) is 24.5 Å². The minimum absolute atomic E-state index is 0.0896. The molecule has 0 radical (unpaired) electrons. The second kappa shape index (κ2) is 4.73. The summed E-state index contributed by atoms with van der Waals surface area (Å²) >= 11 is 6.36. The number of imidazole rings is 1. The highest BCUT2D eigenvalue weighted by molar-refractivity contribution is 6.20. The van der Waals surface area contributed by atoms with Gasteiger partial charge in [-0.25, -0.2) is 9.97 Å². The summed E-state index contributed by atoms with van der Waals surface area (Å²) in [6.45, 7) is 8.70. The Bertz CT molecular complexity index is 642. The first-order valence-corrected chi connectivity index (χ1v) is 7.80. The maximum atomic E-state index is 6.36. The highest BCUT2D eigenvalue weighted by Gasteiger charge is 2.34. The summed E-state index contributed by atoms with van der Waals surface area (Å²) in [4.78, 5) is 9.43. The van der Waals surface area contributed by atoms with Gasteiger partial charge in [-0.3, -0.25) is 0 Å². The SMILES string of the molecule is Cc1ccc2nc(C(C)Cl)n(C3CCC(C)(C)C3)c2n1. The summed E-state index contributed by atoms with van der Waals surface area (Å²) in [5.41, 5.74) is 3.39. The van der Waals surface area contributed by atoms with E-state index < -0.39 is 0 Å². The van der Waals surface area contributed by atoms with Gasteiger partial charge in [-0.15, -0.1) is 11.6 Å². The molecule has 3 rings (SSSR count). The van der Waals surface area contributed by atoms with Crippen LogP contribution in [0.2, 0.25) is 0 Å². The number of hydrogen-bond acceptors (Lipinski definition) is 2. The number of hydrogen-bond donors (Lipinski definition) is 0. The Labute approximate surface area is 125 Å². The molecule has 0 amide bonds. The van der Waals surface area contributed by atoms with E-state index in [0.29, 0.717) is 11.5 Å². The van der Waals surface area contributed by atoms with Crippen LogP contribution in [0.5, 0.6) is 0 Å². The van der Waals surface area contributed by atoms with Gasteiger partial charge < -0.3 is 4.57 Å². The summed E-state index contributed by atoms with van der Waals surface area (Å²) in [6.07, 6.45) is 3.61. The van der Waals surface area contributed by atoms with E-state index in [0.717, 1.165) is 22.7 Å². The van der Waals surface area contributed by atoms with Crippen molar-refractivity contribution < 1.29 is 0 Å². The molecule has 1 fully saturated rings. The summed E-state index contributed by atoms with van der Waals surface area (Å²) in [6, 6.07) is 4.54. The number of halogens is 1. The van der Waals surface area contributed by atoms with Gasteiger partial charge in [-0.2, -0.15) is 0 Å². The molecule has 1 saturated carbocycles. The Kier molecular flexibility index (Phi) is 3.28. The molecular weight excluding hydrogens is 270 g/mol. The molecule has 1 aliphatic rings. The number of aryl methyl sites for hydroxylation is 1. The number of pyridine rings is 1. The van der Waals surface area contributed by atoms with Crippen LogP contribution in [-0.2, 0) is 0 Å². The first-order chi connectivity index (χ1) is 9.37. The van der Waals surface area contributed by atoms with Crippen molar-refractivity contribution in [2.75, 3.05) is 0 Å². The predicted octanol–water partition coefficient (Wildman–Crippen LogP) is 4.79. The van der Waals surface area contributed by atoms with E-state index in [-0.39, 0.29) is 5.38 Å². The zero-order valence-electron chi connectivity index (χ0n) is 12.7. The van der Waals surface area contributed by atoms with Crippen molar-refractivity contribution >= 4 is 22.8 Å². The molecule has 0 aromatic carbocycles. The van der Waals surface area contributed by atoms with Crippen molar-refractivity contribution in [3.63, 3.8) is 0 Å². The lowest BCUT2D eigenvalue weighted by atomic mass is 9.92. The Balaban J connectivity index is 2.16. The van der Waals surface area contributed by atoms with Gasteiger partial charge >= 0.3 is 0 Å². The molecular formula is C16H22ClN3. The lowest BCUT2D eigenvalue weighted by molar-refractivity contribution is 0.358. The third-order valence-electron chi connectivity index (χ3n) is 4.37. The van der Waals surface area contributed by atoms with Crippen molar-refractivity contribution in [3.8, 4) is 0 Å². The molecule has 2 aromatic heterocycles. The van der Waals surface area contributed by atoms with Crippen molar-refractivity contribution in [2.24, 2.45) is 5.41 Å². The molecule has 0 bridgehead atoms. The van der Waals surface area contributed by atoms with E-state index in [1.54, 1.807) is 0 Å². The van der Waals surface area contributed by atoms with Crippen molar-refractivity contribution in [2.45, 2.75) is 58.4 Å². The van der Waals surface area contributed by atoms with Gasteiger partial charge in [0.2, 0.25) is 0 Å². The normalized spacial score (nSPS) is 23.4. The fraction of sp³-hybridized carbons (Fsp3) is 0.625. The summed E-state index contributed by atoms with van der Waals surface area (Å²) in [7, 11) is 0. The molecule has 20 heavy (non-hydrogen) atoms. The molecule has 0 aliphatic heterocycles. The van der Waals surface area contributed by atoms with E-state index in [9.17, 15) is 0 Å². The summed E-state index contributed by atoms with van der Waals surface area (Å²) < 4.78 is 2.30. The topological polar surface area (TPSA) is 30.7 Å². The van der Waals surface area contributed by atoms with Crippen LogP contribution in [-0.4, -0.2) is 14.5 Å². The second-order valence-corrected chi connectivity index (χ2v) is 7.47. The van der Waals surface area contributed by atoms with Crippen LogP contribution < -0.4 is 0 Å². The average molecular weight is 292 g/mol. The van der Waals surface area contributed by atoms with Crippen molar-refractivity contribution in [1.29, 1.82) is 0 Å². The van der Waals surface area contributed by atoms with Crippen LogP contribution in [0.15, 0.2) is 12.1 Å². The third kappa shape index (κ3) is 2.32. The zero-order chi connectivity index (χ0) is 14.5. The molecule has 0 N–H and O–H groups in total. The van der Waals surface area contributed by atoms with E-state index in [4.69, 9.17) is 21.6 Å². The van der Waals surface area contributed by atoms with Crippen LogP contribution in [0.4, 0.5) is 0 Å². The number of alkyl halides is 1. The summed E-state index contributed by atoms with van der Waals surface area (Å²) in [5, 5.41) is -0.0896. The van der Waals surface area contributed by atoms with Gasteiger partial charge in [-0.1, -0.05) is 13.8 Å². The molecule has 3 nitrogen and oxygen atoms in total. The van der Waals surface area contributed by atoms with Gasteiger partial charge in [0.25, 0.3) is 0 Å². The Morgan fingerprint density at radius 1 is 1.35 bits per heavy atom. The van der Waals surface area contributed by atoms with Crippen LogP contribution >= 0.6 is 11.6 Å². The minimum Gasteiger partial charge on any atom is -0.308 e. The number of aromatic nitrogens is 3. The highest BCUT2D eigenvalue weighted by Crippen LogP contribution is 2.45. The largest absolute Gasteiger partial charge is 0.308 e. The fourth-order valence-electron chi connectivity index (χ4n) is 3.35.